The highest BCUT2D eigenvalue weighted by molar-refractivity contribution is 9.10. The van der Waals surface area contributed by atoms with E-state index in [0.717, 1.165) is 26.2 Å². The highest BCUT2D eigenvalue weighted by atomic mass is 79.9. The molecule has 0 aliphatic heterocycles. The van der Waals surface area contributed by atoms with Crippen LogP contribution in [0.4, 0.5) is 5.69 Å². The molecule has 174 valence electrons. The van der Waals surface area contributed by atoms with Crippen LogP contribution in [0, 0.1) is 6.92 Å². The SMILES string of the molecule is CCNC(=O)[C@H](C)N(Cc1cccc(Cl)c1)C(=O)CN(c1ccc(Br)c(C)c1)S(C)(=O)=O. The fourth-order valence-corrected chi connectivity index (χ4v) is 4.44. The number of anilines is 1. The monoisotopic (exact) mass is 543 g/mol. The van der Waals surface area contributed by atoms with Crippen LogP contribution in [-0.4, -0.2) is 50.5 Å². The number of benzene rings is 2. The zero-order chi connectivity index (χ0) is 24.1. The Kier molecular flexibility index (Phi) is 9.12. The number of hydrogen-bond acceptors (Lipinski definition) is 4. The van der Waals surface area contributed by atoms with Crippen molar-refractivity contribution in [3.05, 3.63) is 63.1 Å². The number of carbonyl (C=O) groups excluding carboxylic acids is 2. The second-order valence-electron chi connectivity index (χ2n) is 7.43. The predicted molar refractivity (Wildman–Crippen MR) is 131 cm³/mol. The Hall–Kier alpha value is -2.10. The Bertz CT molecular complexity index is 1090. The number of likely N-dealkylation sites (N-methyl/N-ethyl adjacent to an activating group) is 1. The number of rotatable bonds is 9. The second-order valence-corrected chi connectivity index (χ2v) is 10.6. The summed E-state index contributed by atoms with van der Waals surface area (Å²) in [5.74, 6) is -0.831. The molecule has 0 spiro atoms. The van der Waals surface area contributed by atoms with Gasteiger partial charge in [-0.2, -0.15) is 0 Å². The zero-order valence-electron chi connectivity index (χ0n) is 18.4. The van der Waals surface area contributed by atoms with E-state index in [-0.39, 0.29) is 12.5 Å². The Balaban J connectivity index is 2.40. The molecule has 2 amide bonds. The Morgan fingerprint density at radius 2 is 1.88 bits per heavy atom. The van der Waals surface area contributed by atoms with Crippen molar-refractivity contribution in [3.8, 4) is 0 Å². The number of aryl methyl sites for hydroxylation is 1. The summed E-state index contributed by atoms with van der Waals surface area (Å²) in [7, 11) is -3.76. The third-order valence-corrected chi connectivity index (χ3v) is 7.13. The molecule has 10 heteroatoms. The van der Waals surface area contributed by atoms with Crippen molar-refractivity contribution in [2.45, 2.75) is 33.4 Å². The van der Waals surface area contributed by atoms with Crippen LogP contribution in [0.5, 0.6) is 0 Å². The lowest BCUT2D eigenvalue weighted by molar-refractivity contribution is -0.139. The molecule has 1 atom stereocenters. The van der Waals surface area contributed by atoms with E-state index in [9.17, 15) is 18.0 Å². The largest absolute Gasteiger partial charge is 0.355 e. The minimum Gasteiger partial charge on any atom is -0.355 e. The Labute approximate surface area is 202 Å². The first-order valence-corrected chi connectivity index (χ1v) is 13.0. The first-order valence-electron chi connectivity index (χ1n) is 9.99. The number of nitrogens with one attached hydrogen (secondary N) is 1. The summed E-state index contributed by atoms with van der Waals surface area (Å²) >= 11 is 9.47. The van der Waals surface area contributed by atoms with Crippen LogP contribution in [0.15, 0.2) is 46.9 Å². The van der Waals surface area contributed by atoms with Gasteiger partial charge in [0.25, 0.3) is 0 Å². The van der Waals surface area contributed by atoms with E-state index in [1.165, 1.54) is 4.90 Å². The number of nitrogens with zero attached hydrogens (tertiary/aromatic N) is 2. The van der Waals surface area contributed by atoms with Gasteiger partial charge in [-0.15, -0.1) is 0 Å². The van der Waals surface area contributed by atoms with Gasteiger partial charge < -0.3 is 10.2 Å². The van der Waals surface area contributed by atoms with Crippen molar-refractivity contribution in [2.75, 3.05) is 23.7 Å². The number of carbonyl (C=O) groups is 2. The maximum atomic E-state index is 13.4. The van der Waals surface area contributed by atoms with Crippen LogP contribution in [0.2, 0.25) is 5.02 Å². The molecule has 0 aliphatic carbocycles. The van der Waals surface area contributed by atoms with Crippen molar-refractivity contribution in [2.24, 2.45) is 0 Å². The summed E-state index contributed by atoms with van der Waals surface area (Å²) in [5, 5.41) is 3.21. The van der Waals surface area contributed by atoms with E-state index in [2.05, 4.69) is 21.2 Å². The van der Waals surface area contributed by atoms with E-state index >= 15 is 0 Å². The first kappa shape index (κ1) is 26.2. The van der Waals surface area contributed by atoms with Gasteiger partial charge in [0.2, 0.25) is 21.8 Å². The summed E-state index contributed by atoms with van der Waals surface area (Å²) < 4.78 is 27.0. The zero-order valence-corrected chi connectivity index (χ0v) is 21.6. The van der Waals surface area contributed by atoms with Crippen molar-refractivity contribution < 1.29 is 18.0 Å². The molecule has 32 heavy (non-hydrogen) atoms. The van der Waals surface area contributed by atoms with E-state index in [1.54, 1.807) is 56.3 Å². The van der Waals surface area contributed by atoms with Gasteiger partial charge in [-0.05, 0) is 62.2 Å². The molecule has 2 rings (SSSR count). The van der Waals surface area contributed by atoms with Gasteiger partial charge in [0.1, 0.15) is 12.6 Å². The molecule has 0 saturated carbocycles. The van der Waals surface area contributed by atoms with Gasteiger partial charge in [0.05, 0.1) is 11.9 Å². The molecule has 2 aromatic carbocycles. The van der Waals surface area contributed by atoms with E-state index in [4.69, 9.17) is 11.6 Å². The summed E-state index contributed by atoms with van der Waals surface area (Å²) in [6, 6.07) is 11.2. The summed E-state index contributed by atoms with van der Waals surface area (Å²) in [6.07, 6.45) is 1.05. The van der Waals surface area contributed by atoms with E-state index in [0.29, 0.717) is 17.3 Å². The molecule has 7 nitrogen and oxygen atoms in total. The van der Waals surface area contributed by atoms with E-state index < -0.39 is 28.5 Å². The smallest absolute Gasteiger partial charge is 0.244 e. The lowest BCUT2D eigenvalue weighted by Crippen LogP contribution is -2.51. The van der Waals surface area contributed by atoms with Gasteiger partial charge in [0.15, 0.2) is 0 Å². The molecule has 0 unspecified atom stereocenters. The van der Waals surface area contributed by atoms with Crippen LogP contribution >= 0.6 is 27.5 Å². The van der Waals surface area contributed by atoms with Crippen molar-refractivity contribution in [1.29, 1.82) is 0 Å². The maximum Gasteiger partial charge on any atom is 0.244 e. The highest BCUT2D eigenvalue weighted by Gasteiger charge is 2.30. The van der Waals surface area contributed by atoms with Crippen LogP contribution in [-0.2, 0) is 26.2 Å². The first-order chi connectivity index (χ1) is 14.9. The molecule has 2 aromatic rings. The van der Waals surface area contributed by atoms with Crippen LogP contribution in [0.3, 0.4) is 0 Å². The van der Waals surface area contributed by atoms with Gasteiger partial charge >= 0.3 is 0 Å². The maximum absolute atomic E-state index is 13.4. The normalized spacial score (nSPS) is 12.2. The number of sulfonamides is 1. The van der Waals surface area contributed by atoms with Crippen molar-refractivity contribution in [1.82, 2.24) is 10.2 Å². The lowest BCUT2D eigenvalue weighted by Gasteiger charge is -2.31. The molecule has 0 bridgehead atoms. The molecular weight excluding hydrogens is 518 g/mol. The molecule has 0 aromatic heterocycles. The standard InChI is InChI=1S/C22H27BrClN3O4S/c1-5-25-22(29)16(3)26(13-17-7-6-8-18(24)12-17)21(28)14-27(32(4,30)31)19-9-10-20(23)15(2)11-19/h6-12,16H,5,13-14H2,1-4H3,(H,25,29)/t16-/m0/s1. The number of hydrogen-bond donors (Lipinski definition) is 1. The topological polar surface area (TPSA) is 86.8 Å². The third kappa shape index (κ3) is 6.95. The van der Waals surface area contributed by atoms with Gasteiger partial charge in [-0.1, -0.05) is 39.7 Å². The average molecular weight is 545 g/mol. The molecule has 1 N–H and O–H groups in total. The Morgan fingerprint density at radius 1 is 1.19 bits per heavy atom. The van der Waals surface area contributed by atoms with Gasteiger partial charge in [0, 0.05) is 22.6 Å². The fourth-order valence-electron chi connectivity index (χ4n) is 3.13. The predicted octanol–water partition coefficient (Wildman–Crippen LogP) is 3.73. The van der Waals surface area contributed by atoms with Crippen LogP contribution in [0.1, 0.15) is 25.0 Å². The fraction of sp³-hybridized carbons (Fsp3) is 0.364. The van der Waals surface area contributed by atoms with Gasteiger partial charge in [-0.3, -0.25) is 13.9 Å². The summed E-state index contributed by atoms with van der Waals surface area (Å²) in [5.41, 5.74) is 1.93. The van der Waals surface area contributed by atoms with Crippen LogP contribution < -0.4 is 9.62 Å². The quantitative estimate of drug-likeness (QED) is 0.521. The van der Waals surface area contributed by atoms with Crippen molar-refractivity contribution >= 4 is 55.1 Å². The third-order valence-electron chi connectivity index (χ3n) is 4.87. The Morgan fingerprint density at radius 3 is 2.44 bits per heavy atom. The molecule has 0 heterocycles. The molecule has 0 aliphatic rings. The molecule has 0 fully saturated rings. The second kappa shape index (κ2) is 11.2. The molecule has 0 radical (unpaired) electrons. The molecular formula is C22H27BrClN3O4S. The molecule has 0 saturated heterocycles. The minimum atomic E-state index is -3.76. The van der Waals surface area contributed by atoms with Crippen molar-refractivity contribution in [3.63, 3.8) is 0 Å². The average Bonchev–Trinajstić information content (AvgIpc) is 2.71. The number of amides is 2. The van der Waals surface area contributed by atoms with Crippen LogP contribution in [0.25, 0.3) is 0 Å². The highest BCUT2D eigenvalue weighted by Crippen LogP contribution is 2.25. The van der Waals surface area contributed by atoms with E-state index in [1.807, 2.05) is 6.92 Å². The summed E-state index contributed by atoms with van der Waals surface area (Å²) in [4.78, 5) is 27.2. The number of halogens is 2. The summed E-state index contributed by atoms with van der Waals surface area (Å²) in [6.45, 7) is 5.31. The minimum absolute atomic E-state index is 0.106. The van der Waals surface area contributed by atoms with Gasteiger partial charge in [-0.25, -0.2) is 8.42 Å². The lowest BCUT2D eigenvalue weighted by atomic mass is 10.1.